The number of pyridine rings is 1. The van der Waals surface area contributed by atoms with Gasteiger partial charge in [-0.1, -0.05) is 13.8 Å². The second-order valence-electron chi connectivity index (χ2n) is 6.89. The van der Waals surface area contributed by atoms with Crippen LogP contribution in [0, 0.1) is 12.8 Å². The number of piperazine rings is 1. The average Bonchev–Trinajstić information content (AvgIpc) is 2.54. The Kier molecular flexibility index (Phi) is 7.18. The number of nitrogens with zero attached hydrogens (tertiary/aromatic N) is 2. The Bertz CT molecular complexity index is 591. The fourth-order valence-corrected chi connectivity index (χ4v) is 2.94. The largest absolute Gasteiger partial charge is 0.368 e. The van der Waals surface area contributed by atoms with Gasteiger partial charge in [0.1, 0.15) is 5.82 Å². The summed E-state index contributed by atoms with van der Waals surface area (Å²) in [6, 6.07) is 3.52. The summed E-state index contributed by atoms with van der Waals surface area (Å²) in [5.41, 5.74) is 1.13. The number of hydrogen-bond donors (Lipinski definition) is 3. The lowest BCUT2D eigenvalue weighted by molar-refractivity contribution is -0.134. The predicted molar refractivity (Wildman–Crippen MR) is 98.3 cm³/mol. The SMILES string of the molecule is Cc1ccnc(NCCNC(=O)C[C@H]2C(=O)NCCN2CC(C)C)c1. The Morgan fingerprint density at radius 1 is 1.44 bits per heavy atom. The van der Waals surface area contributed by atoms with E-state index in [-0.39, 0.29) is 24.3 Å². The molecule has 0 bridgehead atoms. The van der Waals surface area contributed by atoms with Crippen LogP contribution in [-0.2, 0) is 9.59 Å². The third kappa shape index (κ3) is 6.34. The molecule has 0 spiro atoms. The molecule has 3 N–H and O–H groups in total. The molecule has 7 nitrogen and oxygen atoms in total. The molecule has 1 saturated heterocycles. The monoisotopic (exact) mass is 347 g/mol. The Balaban J connectivity index is 1.75. The zero-order valence-electron chi connectivity index (χ0n) is 15.3. The van der Waals surface area contributed by atoms with Crippen LogP contribution in [0.1, 0.15) is 25.8 Å². The number of carbonyl (C=O) groups excluding carboxylic acids is 2. The lowest BCUT2D eigenvalue weighted by Gasteiger charge is -2.35. The van der Waals surface area contributed by atoms with E-state index in [9.17, 15) is 9.59 Å². The van der Waals surface area contributed by atoms with Gasteiger partial charge in [-0.2, -0.15) is 0 Å². The molecule has 0 radical (unpaired) electrons. The molecule has 25 heavy (non-hydrogen) atoms. The van der Waals surface area contributed by atoms with Gasteiger partial charge >= 0.3 is 0 Å². The molecule has 2 heterocycles. The number of amides is 2. The molecule has 2 amide bonds. The minimum atomic E-state index is -0.373. The van der Waals surface area contributed by atoms with Gasteiger partial charge < -0.3 is 16.0 Å². The van der Waals surface area contributed by atoms with Crippen molar-refractivity contribution in [2.45, 2.75) is 33.2 Å². The molecule has 1 aliphatic heterocycles. The van der Waals surface area contributed by atoms with Crippen molar-refractivity contribution in [3.8, 4) is 0 Å². The molecule has 1 aromatic heterocycles. The normalized spacial score (nSPS) is 18.1. The first-order valence-corrected chi connectivity index (χ1v) is 8.90. The van der Waals surface area contributed by atoms with E-state index in [0.717, 1.165) is 24.5 Å². The lowest BCUT2D eigenvalue weighted by atomic mass is 10.1. The van der Waals surface area contributed by atoms with Crippen LogP contribution in [-0.4, -0.2) is 60.5 Å². The Morgan fingerprint density at radius 3 is 2.96 bits per heavy atom. The topological polar surface area (TPSA) is 86.4 Å². The number of hydrogen-bond acceptors (Lipinski definition) is 5. The minimum Gasteiger partial charge on any atom is -0.368 e. The molecule has 0 aromatic carbocycles. The highest BCUT2D eigenvalue weighted by Gasteiger charge is 2.31. The molecule has 7 heteroatoms. The van der Waals surface area contributed by atoms with Crippen LogP contribution >= 0.6 is 0 Å². The highest BCUT2D eigenvalue weighted by atomic mass is 16.2. The molecule has 0 unspecified atom stereocenters. The first kappa shape index (κ1) is 19.2. The van der Waals surface area contributed by atoms with Crippen molar-refractivity contribution < 1.29 is 9.59 Å². The summed E-state index contributed by atoms with van der Waals surface area (Å²) in [7, 11) is 0. The third-order valence-corrected chi connectivity index (χ3v) is 4.09. The molecule has 0 saturated carbocycles. The Hall–Kier alpha value is -2.15. The molecule has 1 aromatic rings. The van der Waals surface area contributed by atoms with E-state index in [4.69, 9.17) is 0 Å². The number of carbonyl (C=O) groups is 2. The molecule has 1 fully saturated rings. The highest BCUT2D eigenvalue weighted by molar-refractivity contribution is 5.88. The maximum absolute atomic E-state index is 12.2. The van der Waals surface area contributed by atoms with Gasteiger partial charge in [-0.05, 0) is 30.5 Å². The summed E-state index contributed by atoms with van der Waals surface area (Å²) < 4.78 is 0. The summed E-state index contributed by atoms with van der Waals surface area (Å²) in [4.78, 5) is 30.6. The molecule has 2 rings (SSSR count). The van der Waals surface area contributed by atoms with Gasteiger partial charge in [-0.15, -0.1) is 0 Å². The van der Waals surface area contributed by atoms with Crippen LogP contribution < -0.4 is 16.0 Å². The quantitative estimate of drug-likeness (QED) is 0.605. The standard InChI is InChI=1S/C18H29N5O2/c1-13(2)12-23-9-8-22-18(25)15(23)11-17(24)21-7-6-20-16-10-14(3)4-5-19-16/h4-5,10,13,15H,6-9,11-12H2,1-3H3,(H,19,20)(H,21,24)(H,22,25)/t15-/m0/s1. The Labute approximate surface area is 149 Å². The maximum Gasteiger partial charge on any atom is 0.237 e. The van der Waals surface area contributed by atoms with Gasteiger partial charge in [0.25, 0.3) is 0 Å². The lowest BCUT2D eigenvalue weighted by Crippen LogP contribution is -2.57. The van der Waals surface area contributed by atoms with Crippen LogP contribution in [0.2, 0.25) is 0 Å². The summed E-state index contributed by atoms with van der Waals surface area (Å²) in [5.74, 6) is 1.10. The maximum atomic E-state index is 12.2. The van der Waals surface area contributed by atoms with E-state index < -0.39 is 0 Å². The van der Waals surface area contributed by atoms with Gasteiger partial charge in [-0.3, -0.25) is 14.5 Å². The summed E-state index contributed by atoms with van der Waals surface area (Å²) in [6.45, 7) is 9.60. The van der Waals surface area contributed by atoms with Crippen LogP contribution in [0.3, 0.4) is 0 Å². The fraction of sp³-hybridized carbons (Fsp3) is 0.611. The molecule has 1 aliphatic rings. The van der Waals surface area contributed by atoms with Crippen molar-refractivity contribution >= 4 is 17.6 Å². The van der Waals surface area contributed by atoms with Crippen molar-refractivity contribution in [1.29, 1.82) is 0 Å². The number of anilines is 1. The van der Waals surface area contributed by atoms with Gasteiger partial charge in [0.15, 0.2) is 0 Å². The van der Waals surface area contributed by atoms with Gasteiger partial charge in [-0.25, -0.2) is 4.98 Å². The molecular formula is C18H29N5O2. The first-order chi connectivity index (χ1) is 12.0. The molecule has 0 aliphatic carbocycles. The van der Waals surface area contributed by atoms with Crippen molar-refractivity contribution in [2.75, 3.05) is 38.0 Å². The van der Waals surface area contributed by atoms with Crippen LogP contribution in [0.4, 0.5) is 5.82 Å². The molecular weight excluding hydrogens is 318 g/mol. The van der Waals surface area contributed by atoms with Crippen molar-refractivity contribution in [3.63, 3.8) is 0 Å². The number of aryl methyl sites for hydroxylation is 1. The van der Waals surface area contributed by atoms with Gasteiger partial charge in [0.2, 0.25) is 11.8 Å². The van der Waals surface area contributed by atoms with Crippen molar-refractivity contribution in [1.82, 2.24) is 20.5 Å². The van der Waals surface area contributed by atoms with E-state index in [1.54, 1.807) is 6.20 Å². The third-order valence-electron chi connectivity index (χ3n) is 4.09. The smallest absolute Gasteiger partial charge is 0.237 e. The van der Waals surface area contributed by atoms with Crippen molar-refractivity contribution in [3.05, 3.63) is 23.9 Å². The van der Waals surface area contributed by atoms with Crippen LogP contribution in [0.25, 0.3) is 0 Å². The minimum absolute atomic E-state index is 0.0517. The second kappa shape index (κ2) is 9.36. The van der Waals surface area contributed by atoms with E-state index >= 15 is 0 Å². The number of aromatic nitrogens is 1. The number of rotatable bonds is 8. The zero-order chi connectivity index (χ0) is 18.2. The highest BCUT2D eigenvalue weighted by Crippen LogP contribution is 2.11. The van der Waals surface area contributed by atoms with E-state index in [2.05, 4.69) is 39.7 Å². The van der Waals surface area contributed by atoms with Gasteiger partial charge in [0.05, 0.1) is 12.5 Å². The summed E-state index contributed by atoms with van der Waals surface area (Å²) in [6.07, 6.45) is 1.95. The average molecular weight is 347 g/mol. The van der Waals surface area contributed by atoms with Crippen LogP contribution in [0.15, 0.2) is 18.3 Å². The first-order valence-electron chi connectivity index (χ1n) is 8.90. The summed E-state index contributed by atoms with van der Waals surface area (Å²) in [5, 5.41) is 8.90. The fourth-order valence-electron chi connectivity index (χ4n) is 2.94. The van der Waals surface area contributed by atoms with E-state index in [1.807, 2.05) is 19.1 Å². The Morgan fingerprint density at radius 2 is 2.24 bits per heavy atom. The molecule has 138 valence electrons. The molecule has 1 atom stereocenters. The summed E-state index contributed by atoms with van der Waals surface area (Å²) >= 11 is 0. The van der Waals surface area contributed by atoms with Crippen LogP contribution in [0.5, 0.6) is 0 Å². The zero-order valence-corrected chi connectivity index (χ0v) is 15.3. The van der Waals surface area contributed by atoms with E-state index in [0.29, 0.717) is 25.6 Å². The van der Waals surface area contributed by atoms with Crippen molar-refractivity contribution in [2.24, 2.45) is 5.92 Å². The second-order valence-corrected chi connectivity index (χ2v) is 6.89. The van der Waals surface area contributed by atoms with E-state index in [1.165, 1.54) is 0 Å². The number of nitrogens with one attached hydrogen (secondary N) is 3. The van der Waals surface area contributed by atoms with Gasteiger partial charge in [0, 0.05) is 38.9 Å². The predicted octanol–water partition coefficient (Wildman–Crippen LogP) is 0.765.